The second-order valence-electron chi connectivity index (χ2n) is 5.02. The van der Waals surface area contributed by atoms with E-state index in [-0.39, 0.29) is 19.0 Å². The molecule has 20 heavy (non-hydrogen) atoms. The number of rotatable bonds is 3. The molecule has 0 bridgehead atoms. The summed E-state index contributed by atoms with van der Waals surface area (Å²) in [5, 5.41) is 3.39. The van der Waals surface area contributed by atoms with Crippen LogP contribution >= 0.6 is 11.6 Å². The number of fused-ring (bicyclic) bond motifs is 1. The Kier molecular flexibility index (Phi) is 3.30. The number of anilines is 1. The molecule has 1 fully saturated rings. The van der Waals surface area contributed by atoms with Crippen LogP contribution in [0.3, 0.4) is 0 Å². The van der Waals surface area contributed by atoms with E-state index in [1.54, 1.807) is 30.1 Å². The van der Waals surface area contributed by atoms with Crippen LogP contribution in [0.2, 0.25) is 5.02 Å². The summed E-state index contributed by atoms with van der Waals surface area (Å²) < 4.78 is 32.8. The Hall–Kier alpha value is -1.40. The third-order valence-electron chi connectivity index (χ3n) is 3.61. The summed E-state index contributed by atoms with van der Waals surface area (Å²) in [6.45, 7) is 0.479. The van der Waals surface area contributed by atoms with Crippen molar-refractivity contribution < 1.29 is 13.2 Å². The summed E-state index contributed by atoms with van der Waals surface area (Å²) in [6, 6.07) is 4.45. The fraction of sp³-hybridized carbons (Fsp3) is 0.462. The number of nitrogens with zero attached hydrogens (tertiary/aromatic N) is 2. The highest BCUT2D eigenvalue weighted by atomic mass is 35.5. The number of oxazole rings is 1. The van der Waals surface area contributed by atoms with Crippen molar-refractivity contribution >= 4 is 28.7 Å². The fourth-order valence-electron chi connectivity index (χ4n) is 2.44. The molecule has 0 saturated carbocycles. The number of halogens is 3. The van der Waals surface area contributed by atoms with E-state index in [1.807, 2.05) is 0 Å². The summed E-state index contributed by atoms with van der Waals surface area (Å²) in [4.78, 5) is 5.83. The Morgan fingerprint density at radius 1 is 1.55 bits per heavy atom. The summed E-state index contributed by atoms with van der Waals surface area (Å²) in [5.74, 6) is -2.68. The maximum Gasteiger partial charge on any atom is 0.295 e. The van der Waals surface area contributed by atoms with Crippen LogP contribution in [-0.4, -0.2) is 42.0 Å². The van der Waals surface area contributed by atoms with Crippen LogP contribution in [0.1, 0.15) is 6.42 Å². The molecule has 0 radical (unpaired) electrons. The van der Waals surface area contributed by atoms with E-state index in [9.17, 15) is 8.78 Å². The second kappa shape index (κ2) is 4.86. The molecule has 1 aliphatic rings. The van der Waals surface area contributed by atoms with Gasteiger partial charge in [-0.1, -0.05) is 11.6 Å². The SMILES string of the molecule is CN1CCC(F)(F)C1CNc1nc2cc(Cl)ccc2o1. The minimum Gasteiger partial charge on any atom is -0.424 e. The Morgan fingerprint density at radius 3 is 3.05 bits per heavy atom. The average molecular weight is 302 g/mol. The molecule has 1 aromatic heterocycles. The van der Waals surface area contributed by atoms with Gasteiger partial charge in [0.25, 0.3) is 11.9 Å². The molecule has 1 saturated heterocycles. The largest absolute Gasteiger partial charge is 0.424 e. The molecule has 3 rings (SSSR count). The van der Waals surface area contributed by atoms with Gasteiger partial charge >= 0.3 is 0 Å². The minimum absolute atomic E-state index is 0.0874. The monoisotopic (exact) mass is 301 g/mol. The maximum atomic E-state index is 13.7. The van der Waals surface area contributed by atoms with Crippen LogP contribution in [0.4, 0.5) is 14.8 Å². The molecule has 2 aromatic rings. The molecule has 1 atom stereocenters. The van der Waals surface area contributed by atoms with Gasteiger partial charge in [-0.3, -0.25) is 4.90 Å². The predicted octanol–water partition coefficient (Wildman–Crippen LogP) is 3.23. The van der Waals surface area contributed by atoms with Crippen LogP contribution in [0.5, 0.6) is 0 Å². The Labute approximate surface area is 119 Å². The van der Waals surface area contributed by atoms with Crippen molar-refractivity contribution in [1.82, 2.24) is 9.88 Å². The maximum absolute atomic E-state index is 13.7. The lowest BCUT2D eigenvalue weighted by atomic mass is 10.1. The summed E-state index contributed by atoms with van der Waals surface area (Å²) in [7, 11) is 1.69. The molecular formula is C13H14ClF2N3O. The highest BCUT2D eigenvalue weighted by Crippen LogP contribution is 2.33. The number of hydrogen-bond donors (Lipinski definition) is 1. The molecular weight excluding hydrogens is 288 g/mol. The number of aromatic nitrogens is 1. The molecule has 7 heteroatoms. The Bertz CT molecular complexity index is 631. The third kappa shape index (κ3) is 2.45. The molecule has 0 spiro atoms. The molecule has 4 nitrogen and oxygen atoms in total. The minimum atomic E-state index is -2.68. The summed E-state index contributed by atoms with van der Waals surface area (Å²) in [5.41, 5.74) is 1.18. The van der Waals surface area contributed by atoms with E-state index in [1.165, 1.54) is 0 Å². The van der Waals surface area contributed by atoms with E-state index in [0.717, 1.165) is 0 Å². The van der Waals surface area contributed by atoms with E-state index in [2.05, 4.69) is 10.3 Å². The quantitative estimate of drug-likeness (QED) is 0.945. The van der Waals surface area contributed by atoms with Gasteiger partial charge in [0.05, 0.1) is 6.04 Å². The van der Waals surface area contributed by atoms with Gasteiger partial charge in [0.15, 0.2) is 5.58 Å². The number of likely N-dealkylation sites (tertiary alicyclic amines) is 1. The Morgan fingerprint density at radius 2 is 2.35 bits per heavy atom. The predicted molar refractivity (Wildman–Crippen MR) is 73.5 cm³/mol. The fourth-order valence-corrected chi connectivity index (χ4v) is 2.60. The zero-order valence-electron chi connectivity index (χ0n) is 10.9. The molecule has 1 aromatic carbocycles. The standard InChI is InChI=1S/C13H14ClF2N3O/c1-19-5-4-13(15,16)11(19)7-17-12-18-9-6-8(14)2-3-10(9)20-12/h2-3,6,11H,4-5,7H2,1H3,(H,17,18). The second-order valence-corrected chi connectivity index (χ2v) is 5.46. The molecule has 108 valence electrons. The van der Waals surface area contributed by atoms with Crippen molar-refractivity contribution in [3.05, 3.63) is 23.2 Å². The summed E-state index contributed by atoms with van der Waals surface area (Å²) in [6.07, 6.45) is -0.112. The first-order valence-corrected chi connectivity index (χ1v) is 6.71. The van der Waals surface area contributed by atoms with Crippen molar-refractivity contribution in [3.63, 3.8) is 0 Å². The van der Waals surface area contributed by atoms with E-state index < -0.39 is 12.0 Å². The third-order valence-corrected chi connectivity index (χ3v) is 3.85. The van der Waals surface area contributed by atoms with Crippen LogP contribution < -0.4 is 5.32 Å². The smallest absolute Gasteiger partial charge is 0.295 e. The number of nitrogens with one attached hydrogen (secondary N) is 1. The number of hydrogen-bond acceptors (Lipinski definition) is 4. The van der Waals surface area contributed by atoms with Crippen molar-refractivity contribution in [2.24, 2.45) is 0 Å². The lowest BCUT2D eigenvalue weighted by Gasteiger charge is -2.24. The summed E-state index contributed by atoms with van der Waals surface area (Å²) >= 11 is 5.86. The van der Waals surface area contributed by atoms with Crippen molar-refractivity contribution in [2.45, 2.75) is 18.4 Å². The number of alkyl halides is 2. The van der Waals surface area contributed by atoms with E-state index >= 15 is 0 Å². The molecule has 1 aliphatic heterocycles. The van der Waals surface area contributed by atoms with Gasteiger partial charge in [-0.05, 0) is 25.2 Å². The lowest BCUT2D eigenvalue weighted by molar-refractivity contribution is -0.0240. The first-order chi connectivity index (χ1) is 9.45. The topological polar surface area (TPSA) is 41.3 Å². The van der Waals surface area contributed by atoms with Crippen LogP contribution in [0.25, 0.3) is 11.1 Å². The first kappa shape index (κ1) is 13.6. The highest BCUT2D eigenvalue weighted by molar-refractivity contribution is 6.31. The molecule has 1 unspecified atom stereocenters. The first-order valence-electron chi connectivity index (χ1n) is 6.34. The zero-order chi connectivity index (χ0) is 14.3. The molecule has 2 heterocycles. The van der Waals surface area contributed by atoms with Crippen molar-refractivity contribution in [1.29, 1.82) is 0 Å². The normalized spacial score (nSPS) is 22.5. The van der Waals surface area contributed by atoms with E-state index in [0.29, 0.717) is 22.7 Å². The van der Waals surface area contributed by atoms with Crippen LogP contribution in [0.15, 0.2) is 22.6 Å². The van der Waals surface area contributed by atoms with Gasteiger partial charge in [-0.15, -0.1) is 0 Å². The van der Waals surface area contributed by atoms with Crippen molar-refractivity contribution in [2.75, 3.05) is 25.5 Å². The zero-order valence-corrected chi connectivity index (χ0v) is 11.6. The van der Waals surface area contributed by atoms with Gasteiger partial charge in [0.2, 0.25) is 0 Å². The number of benzene rings is 1. The van der Waals surface area contributed by atoms with Crippen LogP contribution in [0, 0.1) is 0 Å². The highest BCUT2D eigenvalue weighted by Gasteiger charge is 2.47. The lowest BCUT2D eigenvalue weighted by Crippen LogP contribution is -2.42. The van der Waals surface area contributed by atoms with Crippen LogP contribution in [-0.2, 0) is 0 Å². The number of likely N-dealkylation sites (N-methyl/N-ethyl adjacent to an activating group) is 1. The molecule has 1 N–H and O–H groups in total. The van der Waals surface area contributed by atoms with E-state index in [4.69, 9.17) is 16.0 Å². The molecule has 0 aliphatic carbocycles. The molecule has 0 amide bonds. The van der Waals surface area contributed by atoms with Gasteiger partial charge in [0, 0.05) is 24.5 Å². The van der Waals surface area contributed by atoms with Gasteiger partial charge in [-0.25, -0.2) is 8.78 Å². The Balaban J connectivity index is 1.73. The van der Waals surface area contributed by atoms with Gasteiger partial charge in [-0.2, -0.15) is 4.98 Å². The van der Waals surface area contributed by atoms with Gasteiger partial charge < -0.3 is 9.73 Å². The van der Waals surface area contributed by atoms with Gasteiger partial charge in [0.1, 0.15) is 5.52 Å². The average Bonchev–Trinajstić information content (AvgIpc) is 2.88. The van der Waals surface area contributed by atoms with Crippen molar-refractivity contribution in [3.8, 4) is 0 Å².